The molecule has 1 aliphatic heterocycles. The number of rotatable bonds is 9. The molecule has 0 saturated carbocycles. The number of benzene rings is 2. The Hall–Kier alpha value is -2.43. The van der Waals surface area contributed by atoms with E-state index in [1.807, 2.05) is 24.3 Å². The van der Waals surface area contributed by atoms with Crippen LogP contribution < -0.4 is 9.80 Å². The number of methoxy groups -OCH3 is 1. The van der Waals surface area contributed by atoms with E-state index < -0.39 is 21.2 Å². The fourth-order valence-electron chi connectivity index (χ4n) is 3.97. The second-order valence-corrected chi connectivity index (χ2v) is 11.8. The van der Waals surface area contributed by atoms with Crippen molar-refractivity contribution in [1.29, 1.82) is 0 Å². The van der Waals surface area contributed by atoms with Gasteiger partial charge in [-0.1, -0.05) is 38.1 Å². The van der Waals surface area contributed by atoms with Crippen LogP contribution in [-0.4, -0.2) is 38.1 Å². The fraction of sp³-hybridized carbons (Fsp3) is 0.385. The number of thioether (sulfide) groups is 1. The van der Waals surface area contributed by atoms with Gasteiger partial charge in [-0.25, -0.2) is 5.06 Å². The van der Waals surface area contributed by atoms with Crippen molar-refractivity contribution in [3.63, 3.8) is 0 Å². The molecule has 1 heterocycles. The van der Waals surface area contributed by atoms with Gasteiger partial charge in [0.05, 0.1) is 18.3 Å². The maximum absolute atomic E-state index is 13.2. The Morgan fingerprint density at radius 1 is 1.14 bits per heavy atom. The van der Waals surface area contributed by atoms with Gasteiger partial charge >= 0.3 is 15.6 Å². The lowest BCUT2D eigenvalue weighted by atomic mass is 9.88. The predicted molar refractivity (Wildman–Crippen MR) is 141 cm³/mol. The number of halogens is 3. The van der Waals surface area contributed by atoms with Crippen molar-refractivity contribution in [2.75, 3.05) is 23.7 Å². The monoisotopic (exact) mass is 541 g/mol. The quantitative estimate of drug-likeness (QED) is 0.191. The van der Waals surface area contributed by atoms with Crippen LogP contribution in [0.1, 0.15) is 44.7 Å². The van der Waals surface area contributed by atoms with Crippen LogP contribution in [0.15, 0.2) is 55.1 Å². The highest BCUT2D eigenvalue weighted by atomic mass is 32.2. The summed E-state index contributed by atoms with van der Waals surface area (Å²) in [5, 5.41) is 0.818. The lowest BCUT2D eigenvalue weighted by Gasteiger charge is -2.41. The third-order valence-corrected chi connectivity index (χ3v) is 7.66. The van der Waals surface area contributed by atoms with E-state index in [4.69, 9.17) is 4.74 Å². The van der Waals surface area contributed by atoms with Crippen LogP contribution in [0, 0.1) is 0 Å². The van der Waals surface area contributed by atoms with E-state index in [9.17, 15) is 21.6 Å². The first-order valence-corrected chi connectivity index (χ1v) is 13.8. The zero-order valence-electron chi connectivity index (χ0n) is 20.8. The maximum Gasteiger partial charge on any atom is 0.525 e. The first-order chi connectivity index (χ1) is 16.7. The van der Waals surface area contributed by atoms with Gasteiger partial charge in [-0.2, -0.15) is 33.4 Å². The smallest absolute Gasteiger partial charge is 0.496 e. The van der Waals surface area contributed by atoms with Crippen LogP contribution in [0.25, 0.3) is 16.7 Å². The van der Waals surface area contributed by atoms with Crippen molar-refractivity contribution in [3.8, 4) is 16.9 Å². The van der Waals surface area contributed by atoms with E-state index in [0.29, 0.717) is 22.8 Å². The van der Waals surface area contributed by atoms with Gasteiger partial charge in [0.1, 0.15) is 5.75 Å². The SMILES string of the molecule is C=CCSCC1=CC(C)(C)N(OS(=O)(=O)C(F)(F)F)c2ccc(-c3cc(C(C)C)ccc3OC)cc21. The molecule has 0 saturated heterocycles. The van der Waals surface area contributed by atoms with Gasteiger partial charge in [0.25, 0.3) is 0 Å². The molecule has 0 spiro atoms. The molecular formula is C26H30F3NO4S2. The number of alkyl halides is 3. The standard InChI is InChI=1S/C26H30F3NO4S2/c1-7-12-35-16-20-15-25(4,5)30(34-36(31,32)26(27,28)29)23-10-8-19(14-21(20)23)22-13-18(17(2)3)9-11-24(22)33-6/h7-11,13-15,17H,1,12,16H2,2-6H3. The van der Waals surface area contributed by atoms with E-state index in [2.05, 4.69) is 24.7 Å². The van der Waals surface area contributed by atoms with Gasteiger partial charge in [-0.3, -0.25) is 0 Å². The third-order valence-electron chi connectivity index (χ3n) is 5.76. The Morgan fingerprint density at radius 2 is 1.83 bits per heavy atom. The van der Waals surface area contributed by atoms with Crippen molar-refractivity contribution < 1.29 is 30.6 Å². The maximum atomic E-state index is 13.2. The molecule has 36 heavy (non-hydrogen) atoms. The summed E-state index contributed by atoms with van der Waals surface area (Å²) in [5.74, 6) is 2.15. The molecule has 2 aromatic carbocycles. The van der Waals surface area contributed by atoms with Crippen molar-refractivity contribution in [3.05, 3.63) is 66.3 Å². The molecule has 196 valence electrons. The molecular weight excluding hydrogens is 511 g/mol. The number of anilines is 1. The highest BCUT2D eigenvalue weighted by Gasteiger charge is 2.51. The first-order valence-electron chi connectivity index (χ1n) is 11.3. The average molecular weight is 542 g/mol. The molecule has 0 radical (unpaired) electrons. The second kappa shape index (κ2) is 10.5. The molecule has 10 heteroatoms. The normalized spacial score (nSPS) is 15.5. The Kier molecular flexibility index (Phi) is 8.22. The van der Waals surface area contributed by atoms with E-state index >= 15 is 0 Å². The van der Waals surface area contributed by atoms with Gasteiger partial charge in [0.15, 0.2) is 0 Å². The number of hydrogen-bond donors (Lipinski definition) is 0. The summed E-state index contributed by atoms with van der Waals surface area (Å²) < 4.78 is 73.7. The molecule has 0 amide bonds. The predicted octanol–water partition coefficient (Wildman–Crippen LogP) is 7.17. The van der Waals surface area contributed by atoms with Crippen LogP contribution in [0.4, 0.5) is 18.9 Å². The fourth-order valence-corrected chi connectivity index (χ4v) is 5.27. The average Bonchev–Trinajstić information content (AvgIpc) is 2.80. The summed E-state index contributed by atoms with van der Waals surface area (Å²) in [6.07, 6.45) is 3.51. The lowest BCUT2D eigenvalue weighted by Crippen LogP contribution is -2.48. The summed E-state index contributed by atoms with van der Waals surface area (Å²) in [5.41, 5.74) is -2.36. The molecule has 0 aliphatic carbocycles. The van der Waals surface area contributed by atoms with E-state index in [1.54, 1.807) is 57.0 Å². The summed E-state index contributed by atoms with van der Waals surface area (Å²) >= 11 is 1.59. The number of ether oxygens (including phenoxy) is 1. The lowest BCUT2D eigenvalue weighted by molar-refractivity contribution is -0.0561. The second-order valence-electron chi connectivity index (χ2n) is 9.24. The van der Waals surface area contributed by atoms with Gasteiger partial charge in [0, 0.05) is 22.6 Å². The summed E-state index contributed by atoms with van der Waals surface area (Å²) in [6.45, 7) is 11.1. The van der Waals surface area contributed by atoms with Crippen LogP contribution in [0.5, 0.6) is 5.75 Å². The number of fused-ring (bicyclic) bond motifs is 1. The van der Waals surface area contributed by atoms with E-state index in [-0.39, 0.29) is 11.6 Å². The molecule has 0 atom stereocenters. The van der Waals surface area contributed by atoms with Crippen LogP contribution in [-0.2, 0) is 14.4 Å². The Balaban J connectivity index is 2.20. The van der Waals surface area contributed by atoms with E-state index in [1.165, 1.54) is 0 Å². The Labute approximate surface area is 215 Å². The van der Waals surface area contributed by atoms with Crippen molar-refractivity contribution in [2.24, 2.45) is 0 Å². The largest absolute Gasteiger partial charge is 0.525 e. The number of hydroxylamine groups is 1. The van der Waals surface area contributed by atoms with E-state index in [0.717, 1.165) is 27.3 Å². The van der Waals surface area contributed by atoms with Crippen LogP contribution >= 0.6 is 11.8 Å². The van der Waals surface area contributed by atoms with Crippen molar-refractivity contribution in [2.45, 2.75) is 44.7 Å². The third kappa shape index (κ3) is 5.76. The van der Waals surface area contributed by atoms with Crippen molar-refractivity contribution >= 4 is 33.1 Å². The van der Waals surface area contributed by atoms with Crippen LogP contribution in [0.3, 0.4) is 0 Å². The summed E-state index contributed by atoms with van der Waals surface area (Å²) in [6, 6.07) is 11.1. The highest BCUT2D eigenvalue weighted by Crippen LogP contribution is 2.45. The molecule has 0 unspecified atom stereocenters. The molecule has 5 nitrogen and oxygen atoms in total. The molecule has 0 bridgehead atoms. The Morgan fingerprint density at radius 3 is 2.42 bits per heavy atom. The first kappa shape index (κ1) is 28.1. The molecule has 2 aromatic rings. The number of hydrogen-bond acceptors (Lipinski definition) is 6. The molecule has 0 N–H and O–H groups in total. The summed E-state index contributed by atoms with van der Waals surface area (Å²) in [7, 11) is -4.31. The summed E-state index contributed by atoms with van der Waals surface area (Å²) in [4.78, 5) is 0. The minimum atomic E-state index is -5.88. The zero-order valence-corrected chi connectivity index (χ0v) is 22.5. The minimum Gasteiger partial charge on any atom is -0.496 e. The minimum absolute atomic E-state index is 0.229. The van der Waals surface area contributed by atoms with Crippen LogP contribution in [0.2, 0.25) is 0 Å². The molecule has 1 aliphatic rings. The zero-order chi connectivity index (χ0) is 26.9. The van der Waals surface area contributed by atoms with Crippen molar-refractivity contribution in [1.82, 2.24) is 0 Å². The molecule has 0 fully saturated rings. The molecule has 3 rings (SSSR count). The Bertz CT molecular complexity index is 1270. The topological polar surface area (TPSA) is 55.8 Å². The molecule has 0 aromatic heterocycles. The van der Waals surface area contributed by atoms with Gasteiger partial charge in [0.2, 0.25) is 0 Å². The van der Waals surface area contributed by atoms with Gasteiger partial charge in [-0.15, -0.1) is 10.9 Å². The van der Waals surface area contributed by atoms with Gasteiger partial charge < -0.3 is 4.74 Å². The number of nitrogens with zero attached hydrogens (tertiary/aromatic N) is 1. The highest BCUT2D eigenvalue weighted by molar-refractivity contribution is 7.99. The van der Waals surface area contributed by atoms with Gasteiger partial charge in [-0.05, 0) is 60.7 Å².